The van der Waals surface area contributed by atoms with E-state index in [1.54, 1.807) is 5.56 Å². The molecule has 0 fully saturated rings. The first-order chi connectivity index (χ1) is 10.3. The van der Waals surface area contributed by atoms with Gasteiger partial charge in [-0.3, -0.25) is 0 Å². The molecule has 3 rings (SSSR count). The third-order valence-corrected chi connectivity index (χ3v) is 4.56. The number of hydrogen-bond acceptors (Lipinski definition) is 1. The number of fused-ring (bicyclic) bond motifs is 1. The van der Waals surface area contributed by atoms with Crippen molar-refractivity contribution in [2.45, 2.75) is 45.6 Å². The fraction of sp³-hybridized carbons (Fsp3) is 0.400. The molecule has 0 saturated carbocycles. The Bertz CT molecular complexity index is 615. The minimum atomic E-state index is 0.550. The zero-order valence-corrected chi connectivity index (χ0v) is 13.2. The summed E-state index contributed by atoms with van der Waals surface area (Å²) in [4.78, 5) is 0. The van der Waals surface area contributed by atoms with Crippen molar-refractivity contribution in [3.8, 4) is 11.1 Å². The molecule has 0 amide bonds. The lowest BCUT2D eigenvalue weighted by Gasteiger charge is -2.15. The quantitative estimate of drug-likeness (QED) is 0.820. The Morgan fingerprint density at radius 3 is 2.76 bits per heavy atom. The van der Waals surface area contributed by atoms with E-state index in [9.17, 15) is 0 Å². The van der Waals surface area contributed by atoms with Crippen LogP contribution in [-0.4, -0.2) is 6.54 Å². The first-order valence-corrected chi connectivity index (χ1v) is 8.28. The summed E-state index contributed by atoms with van der Waals surface area (Å²) < 4.78 is 0. The van der Waals surface area contributed by atoms with E-state index in [-0.39, 0.29) is 0 Å². The molecule has 1 aliphatic carbocycles. The Kier molecular flexibility index (Phi) is 4.40. The number of nitrogens with one attached hydrogen (secondary N) is 1. The van der Waals surface area contributed by atoms with Crippen molar-refractivity contribution in [3.63, 3.8) is 0 Å². The predicted molar refractivity (Wildman–Crippen MR) is 90.6 cm³/mol. The largest absolute Gasteiger partial charge is 0.310 e. The Hall–Kier alpha value is -1.60. The lowest BCUT2D eigenvalue weighted by Crippen LogP contribution is -2.19. The van der Waals surface area contributed by atoms with E-state index in [4.69, 9.17) is 0 Å². The van der Waals surface area contributed by atoms with Gasteiger partial charge in [-0.05, 0) is 60.0 Å². The van der Waals surface area contributed by atoms with Crippen LogP contribution in [0.2, 0.25) is 0 Å². The van der Waals surface area contributed by atoms with Gasteiger partial charge in [-0.25, -0.2) is 0 Å². The van der Waals surface area contributed by atoms with Crippen LogP contribution in [-0.2, 0) is 12.8 Å². The van der Waals surface area contributed by atoms with E-state index in [1.807, 2.05) is 0 Å². The van der Waals surface area contributed by atoms with Gasteiger partial charge in [0.25, 0.3) is 0 Å². The maximum absolute atomic E-state index is 3.69. The fourth-order valence-corrected chi connectivity index (χ4v) is 3.41. The lowest BCUT2D eigenvalue weighted by atomic mass is 9.95. The second kappa shape index (κ2) is 6.44. The molecule has 1 unspecified atom stereocenters. The number of hydrogen-bond donors (Lipinski definition) is 1. The molecule has 1 nitrogen and oxygen atoms in total. The van der Waals surface area contributed by atoms with E-state index < -0.39 is 0 Å². The van der Waals surface area contributed by atoms with Gasteiger partial charge in [0, 0.05) is 6.04 Å². The van der Waals surface area contributed by atoms with Crippen molar-refractivity contribution in [2.24, 2.45) is 0 Å². The summed E-state index contributed by atoms with van der Waals surface area (Å²) in [6, 6.07) is 16.4. The van der Waals surface area contributed by atoms with Gasteiger partial charge >= 0.3 is 0 Å². The lowest BCUT2D eigenvalue weighted by molar-refractivity contribution is 0.529. The van der Waals surface area contributed by atoms with Crippen LogP contribution in [0.4, 0.5) is 0 Å². The second-order valence-electron chi connectivity index (χ2n) is 5.97. The SMILES string of the molecule is CCCNC1CCc2c(-c3cccc(CC)c3)cccc21. The maximum atomic E-state index is 3.69. The Labute approximate surface area is 128 Å². The zero-order valence-electron chi connectivity index (χ0n) is 13.2. The van der Waals surface area contributed by atoms with Crippen molar-refractivity contribution in [3.05, 3.63) is 59.2 Å². The molecular weight excluding hydrogens is 254 g/mol. The third kappa shape index (κ3) is 2.89. The van der Waals surface area contributed by atoms with Crippen LogP contribution in [0.15, 0.2) is 42.5 Å². The van der Waals surface area contributed by atoms with Crippen molar-refractivity contribution < 1.29 is 0 Å². The minimum Gasteiger partial charge on any atom is -0.310 e. The van der Waals surface area contributed by atoms with Crippen LogP contribution in [0.3, 0.4) is 0 Å². The second-order valence-corrected chi connectivity index (χ2v) is 5.97. The molecule has 1 heteroatoms. The molecule has 1 atom stereocenters. The van der Waals surface area contributed by atoms with Gasteiger partial charge in [0.2, 0.25) is 0 Å². The predicted octanol–water partition coefficient (Wildman–Crippen LogP) is 4.90. The number of aryl methyl sites for hydroxylation is 1. The molecule has 110 valence electrons. The van der Waals surface area contributed by atoms with Gasteiger partial charge < -0.3 is 5.32 Å². The topological polar surface area (TPSA) is 12.0 Å². The van der Waals surface area contributed by atoms with Gasteiger partial charge in [-0.2, -0.15) is 0 Å². The van der Waals surface area contributed by atoms with E-state index >= 15 is 0 Å². The molecule has 0 saturated heterocycles. The van der Waals surface area contributed by atoms with Gasteiger partial charge in [-0.1, -0.05) is 56.3 Å². The smallest absolute Gasteiger partial charge is 0.0326 e. The van der Waals surface area contributed by atoms with Crippen LogP contribution >= 0.6 is 0 Å². The minimum absolute atomic E-state index is 0.550. The van der Waals surface area contributed by atoms with E-state index in [2.05, 4.69) is 61.6 Å². The Morgan fingerprint density at radius 1 is 1.10 bits per heavy atom. The summed E-state index contributed by atoms with van der Waals surface area (Å²) >= 11 is 0. The monoisotopic (exact) mass is 279 g/mol. The highest BCUT2D eigenvalue weighted by atomic mass is 14.9. The molecular formula is C20H25N. The highest BCUT2D eigenvalue weighted by molar-refractivity contribution is 5.70. The molecule has 0 heterocycles. The summed E-state index contributed by atoms with van der Waals surface area (Å²) in [5.41, 5.74) is 7.30. The standard InChI is InChI=1S/C20H25N/c1-3-13-21-20-12-11-18-17(9-6-10-19(18)20)16-8-5-7-15(4-2)14-16/h5-10,14,20-21H,3-4,11-13H2,1-2H3. The highest BCUT2D eigenvalue weighted by Gasteiger charge is 2.24. The normalized spacial score (nSPS) is 17.0. The van der Waals surface area contributed by atoms with Crippen LogP contribution in [0, 0.1) is 0 Å². The van der Waals surface area contributed by atoms with Crippen LogP contribution in [0.25, 0.3) is 11.1 Å². The number of rotatable bonds is 5. The number of benzene rings is 2. The maximum Gasteiger partial charge on any atom is 0.0326 e. The first kappa shape index (κ1) is 14.3. The molecule has 21 heavy (non-hydrogen) atoms. The average molecular weight is 279 g/mol. The van der Waals surface area contributed by atoms with E-state index in [0.29, 0.717) is 6.04 Å². The molecule has 0 spiro atoms. The van der Waals surface area contributed by atoms with Gasteiger partial charge in [0.1, 0.15) is 0 Å². The Morgan fingerprint density at radius 2 is 1.95 bits per heavy atom. The summed E-state index contributed by atoms with van der Waals surface area (Å²) in [6.07, 6.45) is 4.73. The summed E-state index contributed by atoms with van der Waals surface area (Å²) in [5, 5.41) is 3.69. The van der Waals surface area contributed by atoms with Crippen LogP contribution in [0.5, 0.6) is 0 Å². The zero-order chi connectivity index (χ0) is 14.7. The van der Waals surface area contributed by atoms with Gasteiger partial charge in [0.15, 0.2) is 0 Å². The molecule has 2 aromatic carbocycles. The van der Waals surface area contributed by atoms with Gasteiger partial charge in [0.05, 0.1) is 0 Å². The molecule has 1 aliphatic rings. The fourth-order valence-electron chi connectivity index (χ4n) is 3.41. The van der Waals surface area contributed by atoms with Crippen molar-refractivity contribution in [1.29, 1.82) is 0 Å². The van der Waals surface area contributed by atoms with Crippen LogP contribution in [0.1, 0.15) is 49.4 Å². The molecule has 0 aliphatic heterocycles. The highest BCUT2D eigenvalue weighted by Crippen LogP contribution is 2.37. The van der Waals surface area contributed by atoms with E-state index in [0.717, 1.165) is 13.0 Å². The summed E-state index contributed by atoms with van der Waals surface area (Å²) in [7, 11) is 0. The molecule has 1 N–H and O–H groups in total. The summed E-state index contributed by atoms with van der Waals surface area (Å²) in [6.45, 7) is 5.56. The first-order valence-electron chi connectivity index (χ1n) is 8.28. The van der Waals surface area contributed by atoms with E-state index in [1.165, 1.54) is 41.5 Å². The Balaban J connectivity index is 1.96. The van der Waals surface area contributed by atoms with Crippen molar-refractivity contribution in [1.82, 2.24) is 5.32 Å². The summed E-state index contributed by atoms with van der Waals surface area (Å²) in [5.74, 6) is 0. The molecule has 2 aromatic rings. The van der Waals surface area contributed by atoms with Gasteiger partial charge in [-0.15, -0.1) is 0 Å². The molecule has 0 radical (unpaired) electrons. The molecule has 0 bridgehead atoms. The van der Waals surface area contributed by atoms with Crippen molar-refractivity contribution in [2.75, 3.05) is 6.54 Å². The third-order valence-electron chi connectivity index (χ3n) is 4.56. The average Bonchev–Trinajstić information content (AvgIpc) is 2.96. The molecule has 0 aromatic heterocycles. The van der Waals surface area contributed by atoms with Crippen molar-refractivity contribution >= 4 is 0 Å². The van der Waals surface area contributed by atoms with Crippen LogP contribution < -0.4 is 5.32 Å².